The predicted octanol–water partition coefficient (Wildman–Crippen LogP) is 5.08. The number of hydrogen-bond acceptors (Lipinski definition) is 2. The van der Waals surface area contributed by atoms with Crippen LogP contribution < -0.4 is 4.72 Å². The molecule has 0 spiro atoms. The molecule has 0 radical (unpaired) electrons. The fourth-order valence-electron chi connectivity index (χ4n) is 1.62. The van der Waals surface area contributed by atoms with E-state index < -0.39 is 10.0 Å². The van der Waals surface area contributed by atoms with Crippen LogP contribution in [0.3, 0.4) is 0 Å². The second kappa shape index (κ2) is 6.17. The Kier molecular flexibility index (Phi) is 4.94. The van der Waals surface area contributed by atoms with E-state index in [1.807, 2.05) is 13.0 Å². The van der Waals surface area contributed by atoms with Crippen LogP contribution in [0.4, 0.5) is 5.69 Å². The number of anilines is 1. The number of hydrogen-bond donors (Lipinski definition) is 1. The Morgan fingerprint density at radius 2 is 1.55 bits per heavy atom. The molecule has 0 fully saturated rings. The molecule has 3 nitrogen and oxygen atoms in total. The molecule has 0 aliphatic heterocycles. The normalized spacial score (nSPS) is 11.4. The van der Waals surface area contributed by atoms with Crippen molar-refractivity contribution in [3.05, 3.63) is 55.4 Å². The van der Waals surface area contributed by atoms with Gasteiger partial charge in [-0.05, 0) is 64.8 Å². The zero-order valence-electron chi connectivity index (χ0n) is 10.3. The third-order valence-electron chi connectivity index (χ3n) is 2.62. The molecular weight excluding hydrogens is 474 g/mol. The highest BCUT2D eigenvalue weighted by molar-refractivity contribution is 9.11. The number of benzene rings is 2. The maximum Gasteiger partial charge on any atom is 0.263 e. The highest BCUT2D eigenvalue weighted by Gasteiger charge is 2.19. The third kappa shape index (κ3) is 3.63. The number of aryl methyl sites for hydroxylation is 1. The van der Waals surface area contributed by atoms with Crippen LogP contribution in [0.25, 0.3) is 0 Å². The Bertz CT molecular complexity index is 760. The van der Waals surface area contributed by atoms with Crippen LogP contribution in [-0.4, -0.2) is 8.42 Å². The Hall–Kier alpha value is -0.370. The van der Waals surface area contributed by atoms with Crippen LogP contribution in [0.1, 0.15) is 5.56 Å². The van der Waals surface area contributed by atoms with E-state index in [1.54, 1.807) is 30.3 Å². The van der Waals surface area contributed by atoms with Crippen molar-refractivity contribution in [2.24, 2.45) is 0 Å². The van der Waals surface area contributed by atoms with Crippen LogP contribution in [-0.2, 0) is 10.0 Å². The largest absolute Gasteiger partial charge is 0.279 e. The number of halogens is 3. The van der Waals surface area contributed by atoms with Gasteiger partial charge in [-0.3, -0.25) is 4.72 Å². The van der Waals surface area contributed by atoms with E-state index in [0.29, 0.717) is 14.6 Å². The number of nitrogens with one attached hydrogen (secondary N) is 1. The van der Waals surface area contributed by atoms with E-state index in [2.05, 4.69) is 52.5 Å². The van der Waals surface area contributed by atoms with Gasteiger partial charge in [0, 0.05) is 13.4 Å². The van der Waals surface area contributed by atoms with Crippen LogP contribution in [0.5, 0.6) is 0 Å². The monoisotopic (exact) mass is 481 g/mol. The summed E-state index contributed by atoms with van der Waals surface area (Å²) in [6, 6.07) is 10.4. The molecule has 0 aliphatic rings. The van der Waals surface area contributed by atoms with Gasteiger partial charge in [0.15, 0.2) is 0 Å². The van der Waals surface area contributed by atoms with Crippen molar-refractivity contribution in [1.82, 2.24) is 0 Å². The predicted molar refractivity (Wildman–Crippen MR) is 91.5 cm³/mol. The molecule has 0 unspecified atom stereocenters. The summed E-state index contributed by atoms with van der Waals surface area (Å²) in [6.07, 6.45) is 0. The van der Waals surface area contributed by atoms with Gasteiger partial charge in [-0.15, -0.1) is 0 Å². The second-order valence-corrected chi connectivity index (χ2v) is 8.48. The molecule has 0 amide bonds. The lowest BCUT2D eigenvalue weighted by Gasteiger charge is -2.12. The molecule has 0 saturated heterocycles. The van der Waals surface area contributed by atoms with Crippen molar-refractivity contribution >= 4 is 63.5 Å². The summed E-state index contributed by atoms with van der Waals surface area (Å²) >= 11 is 9.89. The lowest BCUT2D eigenvalue weighted by Crippen LogP contribution is -2.14. The van der Waals surface area contributed by atoms with Crippen molar-refractivity contribution in [3.63, 3.8) is 0 Å². The van der Waals surface area contributed by atoms with Crippen molar-refractivity contribution in [2.45, 2.75) is 11.8 Å². The van der Waals surface area contributed by atoms with Gasteiger partial charge in [0.25, 0.3) is 10.0 Å². The molecular formula is C13H10Br3NO2S. The van der Waals surface area contributed by atoms with Crippen molar-refractivity contribution in [3.8, 4) is 0 Å². The molecule has 0 saturated carbocycles. The minimum absolute atomic E-state index is 0.189. The highest BCUT2D eigenvalue weighted by Crippen LogP contribution is 2.29. The number of rotatable bonds is 3. The molecule has 2 aromatic rings. The lowest BCUT2D eigenvalue weighted by atomic mass is 10.2. The first-order valence-electron chi connectivity index (χ1n) is 5.53. The lowest BCUT2D eigenvalue weighted by molar-refractivity contribution is 0.600. The molecule has 2 rings (SSSR count). The van der Waals surface area contributed by atoms with Crippen LogP contribution >= 0.6 is 47.8 Å². The van der Waals surface area contributed by atoms with Crippen LogP contribution in [0, 0.1) is 6.92 Å². The van der Waals surface area contributed by atoms with E-state index in [-0.39, 0.29) is 4.90 Å². The summed E-state index contributed by atoms with van der Waals surface area (Å²) < 4.78 is 29.6. The molecule has 1 N–H and O–H groups in total. The first-order valence-corrected chi connectivity index (χ1v) is 9.40. The molecule has 0 heterocycles. The van der Waals surface area contributed by atoms with Crippen molar-refractivity contribution in [1.29, 1.82) is 0 Å². The zero-order valence-corrected chi connectivity index (χ0v) is 15.9. The molecule has 0 aliphatic carbocycles. The quantitative estimate of drug-likeness (QED) is 0.661. The third-order valence-corrected chi connectivity index (χ3v) is 5.96. The first kappa shape index (κ1) is 16.0. The standard InChI is InChI=1S/C13H10Br3NO2S/c1-8-6-9(14)3-5-12(8)17-20(18,19)13-7-10(15)2-4-11(13)16/h2-7,17H,1H3. The Balaban J connectivity index is 2.43. The molecule has 7 heteroatoms. The van der Waals surface area contributed by atoms with E-state index in [0.717, 1.165) is 10.0 Å². The fourth-order valence-corrected chi connectivity index (χ4v) is 4.73. The van der Waals surface area contributed by atoms with Gasteiger partial charge in [0.1, 0.15) is 4.90 Å². The van der Waals surface area contributed by atoms with Crippen molar-refractivity contribution < 1.29 is 8.42 Å². The Morgan fingerprint density at radius 1 is 0.950 bits per heavy atom. The smallest absolute Gasteiger partial charge is 0.263 e. The molecule has 0 aromatic heterocycles. The zero-order chi connectivity index (χ0) is 14.9. The van der Waals surface area contributed by atoms with Crippen molar-refractivity contribution in [2.75, 3.05) is 4.72 Å². The average molecular weight is 484 g/mol. The van der Waals surface area contributed by atoms with E-state index in [4.69, 9.17) is 0 Å². The maximum atomic E-state index is 12.4. The summed E-state index contributed by atoms with van der Waals surface area (Å²) in [5.41, 5.74) is 1.40. The summed E-state index contributed by atoms with van der Waals surface area (Å²) in [7, 11) is -3.64. The summed E-state index contributed by atoms with van der Waals surface area (Å²) in [6.45, 7) is 1.85. The molecule has 106 valence electrons. The van der Waals surface area contributed by atoms with E-state index >= 15 is 0 Å². The molecule has 0 bridgehead atoms. The molecule has 0 atom stereocenters. The summed E-state index contributed by atoms with van der Waals surface area (Å²) in [5.74, 6) is 0. The summed E-state index contributed by atoms with van der Waals surface area (Å²) in [4.78, 5) is 0.189. The Morgan fingerprint density at radius 3 is 2.20 bits per heavy atom. The summed E-state index contributed by atoms with van der Waals surface area (Å²) in [5, 5.41) is 0. The van der Waals surface area contributed by atoms with Gasteiger partial charge in [-0.1, -0.05) is 31.9 Å². The van der Waals surface area contributed by atoms with Gasteiger partial charge in [-0.2, -0.15) is 0 Å². The van der Waals surface area contributed by atoms with Gasteiger partial charge in [0.05, 0.1) is 5.69 Å². The second-order valence-electron chi connectivity index (χ2n) is 4.14. The van der Waals surface area contributed by atoms with E-state index in [1.165, 1.54) is 0 Å². The van der Waals surface area contributed by atoms with Gasteiger partial charge >= 0.3 is 0 Å². The fraction of sp³-hybridized carbons (Fsp3) is 0.0769. The highest BCUT2D eigenvalue weighted by atomic mass is 79.9. The molecule has 20 heavy (non-hydrogen) atoms. The van der Waals surface area contributed by atoms with Gasteiger partial charge < -0.3 is 0 Å². The minimum Gasteiger partial charge on any atom is -0.279 e. The van der Waals surface area contributed by atoms with Crippen LogP contribution in [0.15, 0.2) is 54.7 Å². The topological polar surface area (TPSA) is 46.2 Å². The van der Waals surface area contributed by atoms with Gasteiger partial charge in [-0.25, -0.2) is 8.42 Å². The van der Waals surface area contributed by atoms with E-state index in [9.17, 15) is 8.42 Å². The maximum absolute atomic E-state index is 12.4. The SMILES string of the molecule is Cc1cc(Br)ccc1NS(=O)(=O)c1cc(Br)ccc1Br. The Labute approximate surface area is 143 Å². The van der Waals surface area contributed by atoms with Gasteiger partial charge in [0.2, 0.25) is 0 Å². The average Bonchev–Trinajstić information content (AvgIpc) is 2.35. The minimum atomic E-state index is -3.64. The molecule has 2 aromatic carbocycles. The van der Waals surface area contributed by atoms with Crippen LogP contribution in [0.2, 0.25) is 0 Å². The number of sulfonamides is 1. The first-order chi connectivity index (χ1) is 9.29.